The standard InChI is InChI=1S/C46H33N5O/c1-50-40-28-26-37(29-41(40)51(2)46(50)52)30-17-21-35(22-18-30)44-47-43(34-14-7-4-8-15-34)48-45(49-44)36-23-19-32(20-24-36)39-27-25-31-11-9-10-16-38(31)42(39)33-12-5-3-6-13-33/h3-29H,1-2H3. The van der Waals surface area contributed by atoms with Gasteiger partial charge in [0, 0.05) is 30.8 Å². The fraction of sp³-hybridized carbons (Fsp3) is 0.0435. The number of aromatic nitrogens is 5. The first-order valence-electron chi connectivity index (χ1n) is 17.3. The zero-order chi connectivity index (χ0) is 35.2. The molecule has 2 aromatic heterocycles. The van der Waals surface area contributed by atoms with Crippen LogP contribution in [-0.4, -0.2) is 24.1 Å². The summed E-state index contributed by atoms with van der Waals surface area (Å²) >= 11 is 0. The molecule has 0 atom stereocenters. The van der Waals surface area contributed by atoms with Crippen molar-refractivity contribution in [2.24, 2.45) is 14.1 Å². The van der Waals surface area contributed by atoms with Crippen molar-refractivity contribution in [3.05, 3.63) is 174 Å². The molecule has 0 saturated carbocycles. The summed E-state index contributed by atoms with van der Waals surface area (Å²) in [6.07, 6.45) is 0. The molecule has 52 heavy (non-hydrogen) atoms. The van der Waals surface area contributed by atoms with Gasteiger partial charge in [0.2, 0.25) is 0 Å². The highest BCUT2D eigenvalue weighted by Gasteiger charge is 2.16. The average molecular weight is 672 g/mol. The zero-order valence-electron chi connectivity index (χ0n) is 28.7. The fourth-order valence-electron chi connectivity index (χ4n) is 7.08. The largest absolute Gasteiger partial charge is 0.328 e. The molecule has 6 nitrogen and oxygen atoms in total. The normalized spacial score (nSPS) is 11.3. The van der Waals surface area contributed by atoms with Crippen LogP contribution in [0.1, 0.15) is 0 Å². The minimum absolute atomic E-state index is 0.0392. The highest BCUT2D eigenvalue weighted by molar-refractivity contribution is 6.04. The summed E-state index contributed by atoms with van der Waals surface area (Å²) in [5.74, 6) is 1.82. The molecule has 0 unspecified atom stereocenters. The van der Waals surface area contributed by atoms with Crippen molar-refractivity contribution >= 4 is 21.8 Å². The molecular formula is C46H33N5O. The third kappa shape index (κ3) is 5.47. The summed E-state index contributed by atoms with van der Waals surface area (Å²) in [6, 6.07) is 56.5. The lowest BCUT2D eigenvalue weighted by Crippen LogP contribution is -2.19. The molecule has 0 fully saturated rings. The lowest BCUT2D eigenvalue weighted by Gasteiger charge is -2.15. The van der Waals surface area contributed by atoms with Crippen LogP contribution in [0.4, 0.5) is 0 Å². The Bertz CT molecular complexity index is 2800. The van der Waals surface area contributed by atoms with Gasteiger partial charge in [-0.25, -0.2) is 19.7 Å². The molecule has 7 aromatic carbocycles. The molecular weight excluding hydrogens is 639 g/mol. The highest BCUT2D eigenvalue weighted by Crippen LogP contribution is 2.39. The van der Waals surface area contributed by atoms with Crippen molar-refractivity contribution in [2.75, 3.05) is 0 Å². The van der Waals surface area contributed by atoms with Gasteiger partial charge in [-0.2, -0.15) is 0 Å². The molecule has 0 aliphatic carbocycles. The van der Waals surface area contributed by atoms with Gasteiger partial charge in [-0.3, -0.25) is 9.13 Å². The van der Waals surface area contributed by atoms with Crippen LogP contribution in [0, 0.1) is 0 Å². The van der Waals surface area contributed by atoms with Crippen LogP contribution in [0.15, 0.2) is 169 Å². The molecule has 0 saturated heterocycles. The van der Waals surface area contributed by atoms with Crippen LogP contribution in [0.3, 0.4) is 0 Å². The highest BCUT2D eigenvalue weighted by atomic mass is 16.1. The second-order valence-electron chi connectivity index (χ2n) is 13.0. The van der Waals surface area contributed by atoms with Crippen molar-refractivity contribution in [3.63, 3.8) is 0 Å². The summed E-state index contributed by atoms with van der Waals surface area (Å²) in [4.78, 5) is 27.4. The molecule has 9 rings (SSSR count). The van der Waals surface area contributed by atoms with E-state index in [0.29, 0.717) is 17.5 Å². The van der Waals surface area contributed by atoms with Gasteiger partial charge in [-0.15, -0.1) is 0 Å². The summed E-state index contributed by atoms with van der Waals surface area (Å²) in [7, 11) is 3.60. The smallest absolute Gasteiger partial charge is 0.295 e. The number of fused-ring (bicyclic) bond motifs is 2. The molecule has 0 amide bonds. The third-order valence-electron chi connectivity index (χ3n) is 9.86. The van der Waals surface area contributed by atoms with Gasteiger partial charge >= 0.3 is 5.69 Å². The van der Waals surface area contributed by atoms with E-state index in [-0.39, 0.29) is 5.69 Å². The Morgan fingerprint density at radius 2 is 0.885 bits per heavy atom. The van der Waals surface area contributed by atoms with E-state index in [1.54, 1.807) is 23.2 Å². The lowest BCUT2D eigenvalue weighted by atomic mass is 9.89. The maximum Gasteiger partial charge on any atom is 0.328 e. The average Bonchev–Trinajstić information content (AvgIpc) is 3.43. The minimum atomic E-state index is -0.0392. The van der Waals surface area contributed by atoms with Crippen molar-refractivity contribution < 1.29 is 0 Å². The Hall–Kier alpha value is -6.92. The van der Waals surface area contributed by atoms with Gasteiger partial charge in [0.15, 0.2) is 17.5 Å². The molecule has 9 aromatic rings. The van der Waals surface area contributed by atoms with E-state index in [2.05, 4.69) is 115 Å². The summed E-state index contributed by atoms with van der Waals surface area (Å²) in [6.45, 7) is 0. The summed E-state index contributed by atoms with van der Waals surface area (Å²) < 4.78 is 3.35. The van der Waals surface area contributed by atoms with Gasteiger partial charge in [0.05, 0.1) is 11.0 Å². The van der Waals surface area contributed by atoms with E-state index < -0.39 is 0 Å². The first kappa shape index (κ1) is 31.1. The van der Waals surface area contributed by atoms with Gasteiger partial charge in [-0.05, 0) is 56.3 Å². The van der Waals surface area contributed by atoms with Gasteiger partial charge in [0.1, 0.15) is 0 Å². The van der Waals surface area contributed by atoms with Crippen LogP contribution < -0.4 is 5.69 Å². The molecule has 0 aliphatic heterocycles. The van der Waals surface area contributed by atoms with Crippen LogP contribution in [0.5, 0.6) is 0 Å². The molecule has 0 spiro atoms. The summed E-state index contributed by atoms with van der Waals surface area (Å²) in [5, 5.41) is 2.44. The van der Waals surface area contributed by atoms with Gasteiger partial charge in [-0.1, -0.05) is 152 Å². The van der Waals surface area contributed by atoms with Gasteiger partial charge in [0.25, 0.3) is 0 Å². The Kier molecular flexibility index (Phi) is 7.63. The van der Waals surface area contributed by atoms with Crippen molar-refractivity contribution in [1.82, 2.24) is 24.1 Å². The predicted octanol–water partition coefficient (Wildman–Crippen LogP) is 10.2. The van der Waals surface area contributed by atoms with Crippen LogP contribution >= 0.6 is 0 Å². The maximum atomic E-state index is 12.5. The zero-order valence-corrected chi connectivity index (χ0v) is 28.7. The van der Waals surface area contributed by atoms with Gasteiger partial charge < -0.3 is 0 Å². The van der Waals surface area contributed by atoms with E-state index in [1.165, 1.54) is 27.5 Å². The number of hydrogen-bond donors (Lipinski definition) is 0. The number of imidazole rings is 1. The second-order valence-corrected chi connectivity index (χ2v) is 13.0. The Morgan fingerprint density at radius 3 is 1.52 bits per heavy atom. The molecule has 6 heteroatoms. The Balaban J connectivity index is 1.11. The molecule has 0 aliphatic rings. The quantitative estimate of drug-likeness (QED) is 0.177. The van der Waals surface area contributed by atoms with E-state index in [0.717, 1.165) is 44.4 Å². The number of hydrogen-bond acceptors (Lipinski definition) is 4. The first-order valence-corrected chi connectivity index (χ1v) is 17.3. The number of benzene rings is 7. The van der Waals surface area contributed by atoms with Crippen LogP contribution in [0.25, 0.3) is 89.4 Å². The number of rotatable bonds is 6. The van der Waals surface area contributed by atoms with E-state index >= 15 is 0 Å². The molecule has 248 valence electrons. The number of aryl methyl sites for hydroxylation is 2. The van der Waals surface area contributed by atoms with E-state index in [9.17, 15) is 4.79 Å². The van der Waals surface area contributed by atoms with Crippen LogP contribution in [0.2, 0.25) is 0 Å². The second kappa shape index (κ2) is 12.8. The number of nitrogens with zero attached hydrogens (tertiary/aromatic N) is 5. The maximum absolute atomic E-state index is 12.5. The lowest BCUT2D eigenvalue weighted by molar-refractivity contribution is 0.795. The predicted molar refractivity (Wildman–Crippen MR) is 212 cm³/mol. The van der Waals surface area contributed by atoms with E-state index in [4.69, 9.17) is 15.0 Å². The molecule has 0 N–H and O–H groups in total. The van der Waals surface area contributed by atoms with Crippen molar-refractivity contribution in [1.29, 1.82) is 0 Å². The summed E-state index contributed by atoms with van der Waals surface area (Å²) in [5.41, 5.74) is 11.2. The van der Waals surface area contributed by atoms with Crippen LogP contribution in [-0.2, 0) is 14.1 Å². The first-order chi connectivity index (χ1) is 25.5. The molecule has 2 heterocycles. The molecule has 0 bridgehead atoms. The van der Waals surface area contributed by atoms with Crippen molar-refractivity contribution in [2.45, 2.75) is 0 Å². The molecule has 0 radical (unpaired) electrons. The monoisotopic (exact) mass is 671 g/mol. The fourth-order valence-corrected chi connectivity index (χ4v) is 7.08. The van der Waals surface area contributed by atoms with E-state index in [1.807, 2.05) is 48.5 Å². The Labute approximate surface area is 301 Å². The Morgan fingerprint density at radius 1 is 0.404 bits per heavy atom. The SMILES string of the molecule is Cn1c(=O)n(C)c2cc(-c3ccc(-c4nc(-c5ccccc5)nc(-c5ccc(-c6ccc7ccccc7c6-c6ccccc6)cc5)n4)cc3)ccc21. The topological polar surface area (TPSA) is 65.6 Å². The third-order valence-corrected chi connectivity index (χ3v) is 9.86. The van der Waals surface area contributed by atoms with Crippen molar-refractivity contribution in [3.8, 4) is 67.5 Å². The minimum Gasteiger partial charge on any atom is -0.295 e.